The van der Waals surface area contributed by atoms with Crippen molar-refractivity contribution in [1.29, 1.82) is 0 Å². The second-order valence-electron chi connectivity index (χ2n) is 8.12. The number of hydrogen-bond acceptors (Lipinski definition) is 5. The molecule has 4 aromatic rings. The maximum absolute atomic E-state index is 12.5. The summed E-state index contributed by atoms with van der Waals surface area (Å²) in [4.78, 5) is 16.8. The predicted octanol–water partition coefficient (Wildman–Crippen LogP) is 3.37. The first-order valence-electron chi connectivity index (χ1n) is 11.4. The molecule has 1 atom stereocenters. The summed E-state index contributed by atoms with van der Waals surface area (Å²) in [5.74, 6) is 0.494. The van der Waals surface area contributed by atoms with Crippen LogP contribution >= 0.6 is 0 Å². The van der Waals surface area contributed by atoms with E-state index in [4.69, 9.17) is 0 Å². The molecular weight excluding hydrogens is 426 g/mol. The van der Waals surface area contributed by atoms with Crippen molar-refractivity contribution in [2.45, 2.75) is 25.5 Å². The fourth-order valence-electron chi connectivity index (χ4n) is 3.68. The molecule has 1 heterocycles. The van der Waals surface area contributed by atoms with E-state index in [0.29, 0.717) is 18.9 Å². The molecule has 0 radical (unpaired) electrons. The quantitative estimate of drug-likeness (QED) is 0.302. The first kappa shape index (κ1) is 23.4. The van der Waals surface area contributed by atoms with E-state index in [1.54, 1.807) is 4.68 Å². The summed E-state index contributed by atoms with van der Waals surface area (Å²) in [6.07, 6.45) is 1.95. The summed E-state index contributed by atoms with van der Waals surface area (Å²) in [6.45, 7) is 1.84. The standard InChI is InChI=1S/C27H29N5O2/c33-25(23-9-5-2-6-10-23)18-28-16-15-21-11-13-24(14-12-21)31-27(34)17-26-29-20-30-32(26)19-22-7-3-1-4-8-22/h1-14,20,25,28,33H,15-19H2,(H,31,34). The Hall–Kier alpha value is -3.81. The first-order chi connectivity index (χ1) is 16.7. The van der Waals surface area contributed by atoms with E-state index in [2.05, 4.69) is 20.7 Å². The minimum Gasteiger partial charge on any atom is -0.387 e. The van der Waals surface area contributed by atoms with Gasteiger partial charge in [0.2, 0.25) is 5.91 Å². The summed E-state index contributed by atoms with van der Waals surface area (Å²) in [7, 11) is 0. The summed E-state index contributed by atoms with van der Waals surface area (Å²) < 4.78 is 1.75. The number of carbonyl (C=O) groups excluding carboxylic acids is 1. The van der Waals surface area contributed by atoms with Gasteiger partial charge in [-0.15, -0.1) is 0 Å². The highest BCUT2D eigenvalue weighted by Crippen LogP contribution is 2.12. The maximum atomic E-state index is 12.5. The highest BCUT2D eigenvalue weighted by atomic mass is 16.3. The molecule has 0 saturated heterocycles. The van der Waals surface area contributed by atoms with Crippen molar-refractivity contribution >= 4 is 11.6 Å². The maximum Gasteiger partial charge on any atom is 0.232 e. The molecular formula is C27H29N5O2. The van der Waals surface area contributed by atoms with Crippen LogP contribution in [-0.4, -0.2) is 38.9 Å². The molecule has 0 aliphatic rings. The van der Waals surface area contributed by atoms with Crippen molar-refractivity contribution in [3.05, 3.63) is 114 Å². The number of aliphatic hydroxyl groups is 1. The number of nitrogens with one attached hydrogen (secondary N) is 2. The molecule has 0 aliphatic carbocycles. The van der Waals surface area contributed by atoms with Crippen LogP contribution in [0, 0.1) is 0 Å². The Kier molecular flexibility index (Phi) is 8.16. The van der Waals surface area contributed by atoms with Crippen LogP contribution in [-0.2, 0) is 24.2 Å². The molecule has 0 bridgehead atoms. The molecule has 174 valence electrons. The zero-order valence-corrected chi connectivity index (χ0v) is 19.0. The number of hydrogen-bond donors (Lipinski definition) is 3. The third-order valence-electron chi connectivity index (χ3n) is 5.54. The zero-order valence-electron chi connectivity index (χ0n) is 19.0. The summed E-state index contributed by atoms with van der Waals surface area (Å²) >= 11 is 0. The average molecular weight is 456 g/mol. The highest BCUT2D eigenvalue weighted by molar-refractivity contribution is 5.91. The van der Waals surface area contributed by atoms with Gasteiger partial charge in [0.25, 0.3) is 0 Å². The van der Waals surface area contributed by atoms with Crippen LogP contribution in [0.5, 0.6) is 0 Å². The van der Waals surface area contributed by atoms with Crippen LogP contribution in [0.15, 0.2) is 91.3 Å². The summed E-state index contributed by atoms with van der Waals surface area (Å²) in [6, 6.07) is 27.4. The summed E-state index contributed by atoms with van der Waals surface area (Å²) in [5.41, 5.74) is 3.92. The van der Waals surface area contributed by atoms with Gasteiger partial charge >= 0.3 is 0 Å². The lowest BCUT2D eigenvalue weighted by atomic mass is 10.1. The van der Waals surface area contributed by atoms with Crippen LogP contribution in [0.25, 0.3) is 0 Å². The van der Waals surface area contributed by atoms with E-state index in [1.165, 1.54) is 6.33 Å². The molecule has 1 amide bonds. The van der Waals surface area contributed by atoms with Crippen LogP contribution < -0.4 is 10.6 Å². The predicted molar refractivity (Wildman–Crippen MR) is 132 cm³/mol. The van der Waals surface area contributed by atoms with Gasteiger partial charge in [-0.1, -0.05) is 72.8 Å². The van der Waals surface area contributed by atoms with Crippen LogP contribution in [0.2, 0.25) is 0 Å². The zero-order chi connectivity index (χ0) is 23.6. The molecule has 4 rings (SSSR count). The number of amides is 1. The van der Waals surface area contributed by atoms with Crippen molar-refractivity contribution in [2.24, 2.45) is 0 Å². The van der Waals surface area contributed by atoms with Crippen molar-refractivity contribution < 1.29 is 9.90 Å². The minimum absolute atomic E-state index is 0.133. The number of aliphatic hydroxyl groups excluding tert-OH is 1. The van der Waals surface area contributed by atoms with Gasteiger partial charge in [-0.3, -0.25) is 4.79 Å². The Morgan fingerprint density at radius 1 is 0.912 bits per heavy atom. The monoisotopic (exact) mass is 455 g/mol. The normalized spacial score (nSPS) is 11.8. The lowest BCUT2D eigenvalue weighted by Crippen LogP contribution is -2.23. The highest BCUT2D eigenvalue weighted by Gasteiger charge is 2.11. The van der Waals surface area contributed by atoms with Gasteiger partial charge in [0.05, 0.1) is 19.1 Å². The Balaban J connectivity index is 1.21. The van der Waals surface area contributed by atoms with Crippen LogP contribution in [0.3, 0.4) is 0 Å². The van der Waals surface area contributed by atoms with E-state index in [-0.39, 0.29) is 12.3 Å². The molecule has 0 fully saturated rings. The molecule has 1 aromatic heterocycles. The lowest BCUT2D eigenvalue weighted by molar-refractivity contribution is -0.115. The van der Waals surface area contributed by atoms with Crippen molar-refractivity contribution in [1.82, 2.24) is 20.1 Å². The second-order valence-corrected chi connectivity index (χ2v) is 8.12. The third-order valence-corrected chi connectivity index (χ3v) is 5.54. The van der Waals surface area contributed by atoms with E-state index >= 15 is 0 Å². The average Bonchev–Trinajstić information content (AvgIpc) is 3.30. The molecule has 34 heavy (non-hydrogen) atoms. The van der Waals surface area contributed by atoms with E-state index in [9.17, 15) is 9.90 Å². The first-order valence-corrected chi connectivity index (χ1v) is 11.4. The van der Waals surface area contributed by atoms with Gasteiger partial charge in [-0.05, 0) is 41.8 Å². The minimum atomic E-state index is -0.516. The van der Waals surface area contributed by atoms with E-state index in [0.717, 1.165) is 35.3 Å². The Morgan fingerprint density at radius 3 is 2.35 bits per heavy atom. The number of carbonyl (C=O) groups is 1. The molecule has 0 aliphatic heterocycles. The fraction of sp³-hybridized carbons (Fsp3) is 0.222. The topological polar surface area (TPSA) is 92.1 Å². The molecule has 7 nitrogen and oxygen atoms in total. The van der Waals surface area contributed by atoms with Gasteiger partial charge in [-0.2, -0.15) is 5.10 Å². The largest absolute Gasteiger partial charge is 0.387 e. The number of nitrogens with zero attached hydrogens (tertiary/aromatic N) is 3. The van der Waals surface area contributed by atoms with Crippen molar-refractivity contribution in [3.63, 3.8) is 0 Å². The molecule has 3 N–H and O–H groups in total. The molecule has 0 saturated carbocycles. The number of aromatic nitrogens is 3. The fourth-order valence-corrected chi connectivity index (χ4v) is 3.68. The van der Waals surface area contributed by atoms with Gasteiger partial charge in [0.1, 0.15) is 12.2 Å². The van der Waals surface area contributed by atoms with Gasteiger partial charge < -0.3 is 15.7 Å². The van der Waals surface area contributed by atoms with Gasteiger partial charge in [0, 0.05) is 12.2 Å². The lowest BCUT2D eigenvalue weighted by Gasteiger charge is -2.12. The number of benzene rings is 3. The van der Waals surface area contributed by atoms with Crippen molar-refractivity contribution in [3.8, 4) is 0 Å². The SMILES string of the molecule is O=C(Cc1ncnn1Cc1ccccc1)Nc1ccc(CCNCC(O)c2ccccc2)cc1. The third kappa shape index (κ3) is 6.84. The smallest absolute Gasteiger partial charge is 0.232 e. The number of anilines is 1. The van der Waals surface area contributed by atoms with Gasteiger partial charge in [-0.25, -0.2) is 9.67 Å². The molecule has 1 unspecified atom stereocenters. The van der Waals surface area contributed by atoms with E-state index in [1.807, 2.05) is 84.9 Å². The molecule has 7 heteroatoms. The van der Waals surface area contributed by atoms with Crippen LogP contribution in [0.4, 0.5) is 5.69 Å². The molecule has 3 aromatic carbocycles. The Labute approximate surface area is 199 Å². The van der Waals surface area contributed by atoms with Crippen LogP contribution in [0.1, 0.15) is 28.6 Å². The number of rotatable bonds is 11. The van der Waals surface area contributed by atoms with Crippen molar-refractivity contribution in [2.75, 3.05) is 18.4 Å². The summed E-state index contributed by atoms with van der Waals surface area (Å²) in [5, 5.41) is 20.7. The van der Waals surface area contributed by atoms with E-state index < -0.39 is 6.10 Å². The Bertz CT molecular complexity index is 1160. The second kappa shape index (κ2) is 11.9. The Morgan fingerprint density at radius 2 is 1.62 bits per heavy atom. The molecule has 0 spiro atoms. The van der Waals surface area contributed by atoms with Gasteiger partial charge in [0.15, 0.2) is 0 Å².